The van der Waals surface area contributed by atoms with Crippen molar-refractivity contribution in [2.45, 2.75) is 6.61 Å². The van der Waals surface area contributed by atoms with E-state index in [0.29, 0.717) is 23.6 Å². The lowest BCUT2D eigenvalue weighted by atomic mass is 10.1. The van der Waals surface area contributed by atoms with E-state index >= 15 is 0 Å². The number of ether oxygens (including phenoxy) is 1. The number of H-pyrrole nitrogens is 1. The molecule has 1 heterocycles. The predicted octanol–water partition coefficient (Wildman–Crippen LogP) is 4.13. The summed E-state index contributed by atoms with van der Waals surface area (Å²) in [5.41, 5.74) is 5.79. The zero-order valence-electron chi connectivity index (χ0n) is 16.5. The van der Waals surface area contributed by atoms with Crippen molar-refractivity contribution in [3.8, 4) is 22.8 Å². The monoisotopic (exact) mass is 412 g/mol. The predicted molar refractivity (Wildman–Crippen MR) is 118 cm³/mol. The molecule has 0 unspecified atom stereocenters. The van der Waals surface area contributed by atoms with Crippen LogP contribution in [0, 0.1) is 0 Å². The van der Waals surface area contributed by atoms with Crippen LogP contribution in [0.25, 0.3) is 11.3 Å². The van der Waals surface area contributed by atoms with Gasteiger partial charge in [0.1, 0.15) is 23.8 Å². The molecule has 7 heteroatoms. The molecule has 0 aliphatic heterocycles. The number of rotatable bonds is 7. The summed E-state index contributed by atoms with van der Waals surface area (Å²) in [5.74, 6) is 0.367. The minimum atomic E-state index is -0.433. The van der Waals surface area contributed by atoms with Crippen molar-refractivity contribution in [3.63, 3.8) is 0 Å². The van der Waals surface area contributed by atoms with Gasteiger partial charge in [-0.25, -0.2) is 5.43 Å². The third kappa shape index (κ3) is 5.16. The summed E-state index contributed by atoms with van der Waals surface area (Å²) in [5, 5.41) is 20.4. The second-order valence-corrected chi connectivity index (χ2v) is 6.73. The number of phenols is 1. The molecular formula is C24H20N4O3. The fourth-order valence-corrected chi connectivity index (χ4v) is 2.95. The number of aromatic hydroxyl groups is 1. The Morgan fingerprint density at radius 2 is 1.84 bits per heavy atom. The molecule has 0 saturated carbocycles. The molecule has 0 aliphatic rings. The highest BCUT2D eigenvalue weighted by Crippen LogP contribution is 2.29. The second kappa shape index (κ2) is 9.41. The lowest BCUT2D eigenvalue weighted by Gasteiger charge is -2.10. The first-order valence-electron chi connectivity index (χ1n) is 9.63. The summed E-state index contributed by atoms with van der Waals surface area (Å²) in [6.07, 6.45) is 1.45. The van der Waals surface area contributed by atoms with E-state index < -0.39 is 5.91 Å². The molecule has 0 aliphatic carbocycles. The molecule has 0 radical (unpaired) electrons. The Morgan fingerprint density at radius 1 is 1.03 bits per heavy atom. The summed E-state index contributed by atoms with van der Waals surface area (Å²) in [6, 6.07) is 25.6. The van der Waals surface area contributed by atoms with Crippen LogP contribution < -0.4 is 10.2 Å². The average Bonchev–Trinajstić information content (AvgIpc) is 3.29. The number of benzene rings is 3. The zero-order chi connectivity index (χ0) is 21.5. The molecule has 31 heavy (non-hydrogen) atoms. The second-order valence-electron chi connectivity index (χ2n) is 6.73. The van der Waals surface area contributed by atoms with Crippen LogP contribution in [0.4, 0.5) is 0 Å². The SMILES string of the molecule is O=C(N/N=C/c1cccc(O)c1)c1cc(-c2ccccc2OCc2ccccc2)n[nH]1. The van der Waals surface area contributed by atoms with Crippen molar-refractivity contribution in [3.05, 3.63) is 102 Å². The summed E-state index contributed by atoms with van der Waals surface area (Å²) in [6.45, 7) is 0.430. The van der Waals surface area contributed by atoms with E-state index in [1.807, 2.05) is 54.6 Å². The zero-order valence-corrected chi connectivity index (χ0v) is 16.5. The van der Waals surface area contributed by atoms with Crippen molar-refractivity contribution in [2.24, 2.45) is 5.10 Å². The molecule has 0 atom stereocenters. The van der Waals surface area contributed by atoms with Gasteiger partial charge in [-0.15, -0.1) is 0 Å². The van der Waals surface area contributed by atoms with Crippen molar-refractivity contribution in [1.29, 1.82) is 0 Å². The number of hydrogen-bond donors (Lipinski definition) is 3. The first-order chi connectivity index (χ1) is 15.2. The van der Waals surface area contributed by atoms with Crippen LogP contribution in [0.15, 0.2) is 90.0 Å². The normalized spacial score (nSPS) is 10.8. The summed E-state index contributed by atoms with van der Waals surface area (Å²) in [7, 11) is 0. The van der Waals surface area contributed by atoms with Crippen LogP contribution in [-0.4, -0.2) is 27.4 Å². The minimum absolute atomic E-state index is 0.127. The molecular weight excluding hydrogens is 392 g/mol. The van der Waals surface area contributed by atoms with Gasteiger partial charge < -0.3 is 9.84 Å². The Balaban J connectivity index is 1.44. The van der Waals surface area contributed by atoms with Crippen LogP contribution in [-0.2, 0) is 6.61 Å². The van der Waals surface area contributed by atoms with E-state index in [4.69, 9.17) is 4.74 Å². The number of phenolic OH excluding ortho intramolecular Hbond substituents is 1. The smallest absolute Gasteiger partial charge is 0.289 e. The molecule has 7 nitrogen and oxygen atoms in total. The van der Waals surface area contributed by atoms with Gasteiger partial charge in [0, 0.05) is 5.56 Å². The maximum Gasteiger partial charge on any atom is 0.289 e. The Labute approximate surface area is 179 Å². The Morgan fingerprint density at radius 3 is 2.68 bits per heavy atom. The highest BCUT2D eigenvalue weighted by Gasteiger charge is 2.13. The van der Waals surface area contributed by atoms with Crippen LogP contribution in [0.5, 0.6) is 11.5 Å². The maximum absolute atomic E-state index is 12.4. The molecule has 1 amide bonds. The van der Waals surface area contributed by atoms with Gasteiger partial charge in [0.05, 0.1) is 11.9 Å². The third-order valence-electron chi connectivity index (χ3n) is 4.47. The van der Waals surface area contributed by atoms with Gasteiger partial charge >= 0.3 is 0 Å². The quantitative estimate of drug-likeness (QED) is 0.314. The Bertz CT molecular complexity index is 1200. The number of aromatic nitrogens is 2. The van der Waals surface area contributed by atoms with Gasteiger partial charge in [-0.2, -0.15) is 10.2 Å². The summed E-state index contributed by atoms with van der Waals surface area (Å²) < 4.78 is 5.97. The highest BCUT2D eigenvalue weighted by atomic mass is 16.5. The summed E-state index contributed by atoms with van der Waals surface area (Å²) in [4.78, 5) is 12.4. The molecule has 4 aromatic rings. The standard InChI is InChI=1S/C24H20N4O3/c29-19-10-6-9-18(13-19)15-25-28-24(30)22-14-21(26-27-22)20-11-4-5-12-23(20)31-16-17-7-2-1-3-8-17/h1-15,29H,16H2,(H,26,27)(H,28,30)/b25-15+. The largest absolute Gasteiger partial charge is 0.508 e. The van der Waals surface area contributed by atoms with Gasteiger partial charge in [-0.1, -0.05) is 54.6 Å². The number of nitrogens with zero attached hydrogens (tertiary/aromatic N) is 2. The van der Waals surface area contributed by atoms with Crippen molar-refractivity contribution in [2.75, 3.05) is 0 Å². The maximum atomic E-state index is 12.4. The molecule has 0 spiro atoms. The van der Waals surface area contributed by atoms with Gasteiger partial charge in [0.15, 0.2) is 0 Å². The summed E-state index contributed by atoms with van der Waals surface area (Å²) >= 11 is 0. The number of carbonyl (C=O) groups excluding carboxylic acids is 1. The van der Waals surface area contributed by atoms with E-state index in [0.717, 1.165) is 11.1 Å². The topological polar surface area (TPSA) is 99.6 Å². The van der Waals surface area contributed by atoms with E-state index in [1.54, 1.807) is 24.3 Å². The molecule has 3 aromatic carbocycles. The molecule has 1 aromatic heterocycles. The van der Waals surface area contributed by atoms with E-state index in [2.05, 4.69) is 20.7 Å². The number of carbonyl (C=O) groups is 1. The van der Waals surface area contributed by atoms with Crippen molar-refractivity contribution in [1.82, 2.24) is 15.6 Å². The Hall–Kier alpha value is -4.39. The third-order valence-corrected chi connectivity index (χ3v) is 4.47. The first-order valence-corrected chi connectivity index (χ1v) is 9.63. The number of nitrogens with one attached hydrogen (secondary N) is 2. The van der Waals surface area contributed by atoms with Crippen LogP contribution in [0.1, 0.15) is 21.6 Å². The van der Waals surface area contributed by atoms with Crippen LogP contribution in [0.3, 0.4) is 0 Å². The lowest BCUT2D eigenvalue weighted by molar-refractivity contribution is 0.0950. The Kier molecular flexibility index (Phi) is 6.04. The number of amides is 1. The number of para-hydroxylation sites is 1. The highest BCUT2D eigenvalue weighted by molar-refractivity contribution is 5.94. The van der Waals surface area contributed by atoms with Gasteiger partial charge in [0.25, 0.3) is 5.91 Å². The van der Waals surface area contributed by atoms with E-state index in [9.17, 15) is 9.90 Å². The van der Waals surface area contributed by atoms with Crippen LogP contribution >= 0.6 is 0 Å². The van der Waals surface area contributed by atoms with E-state index in [-0.39, 0.29) is 11.4 Å². The number of hydrogen-bond acceptors (Lipinski definition) is 5. The number of hydrazone groups is 1. The molecule has 3 N–H and O–H groups in total. The number of aromatic amines is 1. The first kappa shape index (κ1) is 19.9. The molecule has 0 fully saturated rings. The van der Waals surface area contributed by atoms with Crippen molar-refractivity contribution >= 4 is 12.1 Å². The van der Waals surface area contributed by atoms with Crippen molar-refractivity contribution < 1.29 is 14.6 Å². The molecule has 4 rings (SSSR count). The minimum Gasteiger partial charge on any atom is -0.508 e. The molecule has 154 valence electrons. The fourth-order valence-electron chi connectivity index (χ4n) is 2.95. The average molecular weight is 412 g/mol. The van der Waals surface area contributed by atoms with Gasteiger partial charge in [-0.3, -0.25) is 9.89 Å². The van der Waals surface area contributed by atoms with Crippen LogP contribution in [0.2, 0.25) is 0 Å². The lowest BCUT2D eigenvalue weighted by Crippen LogP contribution is -2.17. The van der Waals surface area contributed by atoms with E-state index in [1.165, 1.54) is 12.3 Å². The van der Waals surface area contributed by atoms with Gasteiger partial charge in [0.2, 0.25) is 0 Å². The molecule has 0 saturated heterocycles. The van der Waals surface area contributed by atoms with Gasteiger partial charge in [-0.05, 0) is 41.5 Å². The molecule has 0 bridgehead atoms. The fraction of sp³-hybridized carbons (Fsp3) is 0.0417.